The Morgan fingerprint density at radius 2 is 1.92 bits per heavy atom. The smallest absolute Gasteiger partial charge is 0.253 e. The number of hydrogen-bond acceptors (Lipinski definition) is 4. The maximum atomic E-state index is 12.2. The fraction of sp³-hybridized carbons (Fsp3) is 0.235. The van der Waals surface area contributed by atoms with Crippen LogP contribution in [0.5, 0.6) is 0 Å². The summed E-state index contributed by atoms with van der Waals surface area (Å²) in [4.78, 5) is 28.1. The number of hydrogen-bond donors (Lipinski definition) is 3. The van der Waals surface area contributed by atoms with E-state index in [1.165, 1.54) is 6.20 Å². The van der Waals surface area contributed by atoms with Crippen molar-refractivity contribution in [3.05, 3.63) is 53.2 Å². The summed E-state index contributed by atoms with van der Waals surface area (Å²) in [7, 11) is 0. The van der Waals surface area contributed by atoms with Gasteiger partial charge < -0.3 is 16.0 Å². The summed E-state index contributed by atoms with van der Waals surface area (Å²) in [5.74, 6) is -0.0474. The summed E-state index contributed by atoms with van der Waals surface area (Å²) in [5, 5.41) is 8.95. The van der Waals surface area contributed by atoms with Crippen molar-refractivity contribution in [2.45, 2.75) is 19.9 Å². The van der Waals surface area contributed by atoms with E-state index >= 15 is 0 Å². The summed E-state index contributed by atoms with van der Waals surface area (Å²) in [6.07, 6.45) is 1.45. The standard InChI is InChI=1S/C17H19ClN4O2/c1-11(2)21-17(24)13-5-3-4-6-14(13)19-10-16(23)22-15-8-7-12(18)9-20-15/h3-9,11,19H,10H2,1-2H3,(H,21,24)(H,20,22,23). The number of nitrogens with one attached hydrogen (secondary N) is 3. The van der Waals surface area contributed by atoms with Gasteiger partial charge in [-0.1, -0.05) is 23.7 Å². The molecule has 0 bridgehead atoms. The van der Waals surface area contributed by atoms with Crippen LogP contribution in [0.4, 0.5) is 11.5 Å². The van der Waals surface area contributed by atoms with Crippen LogP contribution in [0.25, 0.3) is 0 Å². The number of halogens is 1. The first kappa shape index (κ1) is 17.7. The molecule has 0 atom stereocenters. The molecule has 0 aliphatic heterocycles. The predicted molar refractivity (Wildman–Crippen MR) is 95.4 cm³/mol. The van der Waals surface area contributed by atoms with Gasteiger partial charge in [0.15, 0.2) is 0 Å². The SMILES string of the molecule is CC(C)NC(=O)c1ccccc1NCC(=O)Nc1ccc(Cl)cn1. The molecule has 2 rings (SSSR count). The lowest BCUT2D eigenvalue weighted by molar-refractivity contribution is -0.114. The molecular formula is C17H19ClN4O2. The quantitative estimate of drug-likeness (QED) is 0.751. The number of amides is 2. The van der Waals surface area contributed by atoms with Crippen molar-refractivity contribution in [3.8, 4) is 0 Å². The number of carbonyl (C=O) groups excluding carboxylic acids is 2. The molecule has 0 aliphatic carbocycles. The van der Waals surface area contributed by atoms with Crippen molar-refractivity contribution in [1.29, 1.82) is 0 Å². The van der Waals surface area contributed by atoms with Crippen LogP contribution in [-0.2, 0) is 4.79 Å². The number of para-hydroxylation sites is 1. The molecule has 0 spiro atoms. The number of carbonyl (C=O) groups is 2. The summed E-state index contributed by atoms with van der Waals surface area (Å²) in [6, 6.07) is 10.3. The van der Waals surface area contributed by atoms with E-state index in [4.69, 9.17) is 11.6 Å². The van der Waals surface area contributed by atoms with Gasteiger partial charge in [0.1, 0.15) is 5.82 Å². The molecular weight excluding hydrogens is 328 g/mol. The van der Waals surface area contributed by atoms with E-state index in [1.807, 2.05) is 13.8 Å². The van der Waals surface area contributed by atoms with E-state index in [-0.39, 0.29) is 24.4 Å². The van der Waals surface area contributed by atoms with Gasteiger partial charge >= 0.3 is 0 Å². The first-order chi connectivity index (χ1) is 11.5. The Bertz CT molecular complexity index is 717. The monoisotopic (exact) mass is 346 g/mol. The van der Waals surface area contributed by atoms with Crippen molar-refractivity contribution in [2.24, 2.45) is 0 Å². The molecule has 0 saturated carbocycles. The van der Waals surface area contributed by atoms with Gasteiger partial charge in [-0.15, -0.1) is 0 Å². The Morgan fingerprint density at radius 1 is 1.17 bits per heavy atom. The predicted octanol–water partition coefficient (Wildman–Crippen LogP) is 2.92. The highest BCUT2D eigenvalue weighted by Gasteiger charge is 2.12. The van der Waals surface area contributed by atoms with Crippen molar-refractivity contribution >= 4 is 34.9 Å². The van der Waals surface area contributed by atoms with E-state index in [9.17, 15) is 9.59 Å². The summed E-state index contributed by atoms with van der Waals surface area (Å²) >= 11 is 5.75. The summed E-state index contributed by atoms with van der Waals surface area (Å²) < 4.78 is 0. The average molecular weight is 347 g/mol. The van der Waals surface area contributed by atoms with Crippen LogP contribution in [0.2, 0.25) is 5.02 Å². The van der Waals surface area contributed by atoms with Gasteiger partial charge in [0, 0.05) is 17.9 Å². The van der Waals surface area contributed by atoms with Gasteiger partial charge in [-0.25, -0.2) is 4.98 Å². The molecule has 7 heteroatoms. The van der Waals surface area contributed by atoms with Crippen LogP contribution < -0.4 is 16.0 Å². The normalized spacial score (nSPS) is 10.3. The Balaban J connectivity index is 1.97. The number of anilines is 2. The fourth-order valence-corrected chi connectivity index (χ4v) is 2.10. The Kier molecular flexibility index (Phi) is 6.14. The third kappa shape index (κ3) is 5.24. The minimum Gasteiger partial charge on any atom is -0.375 e. The van der Waals surface area contributed by atoms with Crippen LogP contribution in [-0.4, -0.2) is 29.4 Å². The molecule has 0 unspecified atom stereocenters. The second-order valence-electron chi connectivity index (χ2n) is 5.44. The van der Waals surface area contributed by atoms with Gasteiger partial charge in [0.05, 0.1) is 17.1 Å². The second-order valence-corrected chi connectivity index (χ2v) is 5.87. The molecule has 24 heavy (non-hydrogen) atoms. The molecule has 0 radical (unpaired) electrons. The maximum absolute atomic E-state index is 12.2. The zero-order valence-corrected chi connectivity index (χ0v) is 14.2. The molecule has 6 nitrogen and oxygen atoms in total. The number of rotatable bonds is 6. The molecule has 1 aromatic carbocycles. The highest BCUT2D eigenvalue weighted by molar-refractivity contribution is 6.30. The first-order valence-corrected chi connectivity index (χ1v) is 7.88. The van der Waals surface area contributed by atoms with Crippen LogP contribution in [0.1, 0.15) is 24.2 Å². The first-order valence-electron chi connectivity index (χ1n) is 7.51. The molecule has 1 aromatic heterocycles. The van der Waals surface area contributed by atoms with Gasteiger partial charge in [-0.05, 0) is 38.1 Å². The van der Waals surface area contributed by atoms with E-state index in [2.05, 4.69) is 20.9 Å². The highest BCUT2D eigenvalue weighted by Crippen LogP contribution is 2.15. The highest BCUT2D eigenvalue weighted by atomic mass is 35.5. The summed E-state index contributed by atoms with van der Waals surface area (Å²) in [6.45, 7) is 3.79. The molecule has 0 fully saturated rings. The molecule has 2 amide bonds. The number of pyridine rings is 1. The Labute approximate surface area is 145 Å². The Hall–Kier alpha value is -2.60. The number of benzene rings is 1. The molecule has 1 heterocycles. The molecule has 3 N–H and O–H groups in total. The van der Waals surface area contributed by atoms with E-state index in [1.54, 1.807) is 36.4 Å². The lowest BCUT2D eigenvalue weighted by Gasteiger charge is -2.13. The minimum atomic E-state index is -0.274. The zero-order chi connectivity index (χ0) is 17.5. The van der Waals surface area contributed by atoms with Crippen LogP contribution in [0.15, 0.2) is 42.6 Å². The topological polar surface area (TPSA) is 83.1 Å². The molecule has 0 saturated heterocycles. The average Bonchev–Trinajstić information content (AvgIpc) is 2.55. The van der Waals surface area contributed by atoms with Crippen molar-refractivity contribution in [1.82, 2.24) is 10.3 Å². The third-order valence-electron chi connectivity index (χ3n) is 3.03. The maximum Gasteiger partial charge on any atom is 0.253 e. The fourth-order valence-electron chi connectivity index (χ4n) is 1.99. The van der Waals surface area contributed by atoms with E-state index in [0.717, 1.165) is 0 Å². The van der Waals surface area contributed by atoms with Crippen LogP contribution >= 0.6 is 11.6 Å². The zero-order valence-electron chi connectivity index (χ0n) is 13.5. The number of nitrogens with zero attached hydrogens (tertiary/aromatic N) is 1. The molecule has 0 aliphatic rings. The minimum absolute atomic E-state index is 0.0102. The largest absolute Gasteiger partial charge is 0.375 e. The second kappa shape index (κ2) is 8.31. The van der Waals surface area contributed by atoms with E-state index in [0.29, 0.717) is 22.1 Å². The number of aromatic nitrogens is 1. The van der Waals surface area contributed by atoms with Crippen LogP contribution in [0, 0.1) is 0 Å². The lowest BCUT2D eigenvalue weighted by atomic mass is 10.1. The summed E-state index contributed by atoms with van der Waals surface area (Å²) in [5.41, 5.74) is 1.08. The molecule has 126 valence electrons. The Morgan fingerprint density at radius 3 is 2.58 bits per heavy atom. The van der Waals surface area contributed by atoms with Crippen molar-refractivity contribution < 1.29 is 9.59 Å². The van der Waals surface area contributed by atoms with Gasteiger partial charge in [0.25, 0.3) is 5.91 Å². The molecule has 2 aromatic rings. The lowest BCUT2D eigenvalue weighted by Crippen LogP contribution is -2.31. The van der Waals surface area contributed by atoms with E-state index < -0.39 is 0 Å². The van der Waals surface area contributed by atoms with Gasteiger partial charge in [0.2, 0.25) is 5.91 Å². The van der Waals surface area contributed by atoms with Gasteiger partial charge in [-0.3, -0.25) is 9.59 Å². The van der Waals surface area contributed by atoms with Gasteiger partial charge in [-0.2, -0.15) is 0 Å². The van der Waals surface area contributed by atoms with Crippen molar-refractivity contribution in [2.75, 3.05) is 17.2 Å². The van der Waals surface area contributed by atoms with Crippen LogP contribution in [0.3, 0.4) is 0 Å². The van der Waals surface area contributed by atoms with Crippen molar-refractivity contribution in [3.63, 3.8) is 0 Å². The third-order valence-corrected chi connectivity index (χ3v) is 3.25.